The molecule has 0 aliphatic carbocycles. The first kappa shape index (κ1) is 13.2. The van der Waals surface area contributed by atoms with E-state index >= 15 is 0 Å². The van der Waals surface area contributed by atoms with Crippen LogP contribution in [0.25, 0.3) is 0 Å². The summed E-state index contributed by atoms with van der Waals surface area (Å²) < 4.78 is 5.33. The molecular formula is C11H26OSi. The third kappa shape index (κ3) is 10.1. The van der Waals surface area contributed by atoms with Crippen LogP contribution in [0.5, 0.6) is 0 Å². The second kappa shape index (κ2) is 10.3. The van der Waals surface area contributed by atoms with Crippen LogP contribution < -0.4 is 0 Å². The lowest BCUT2D eigenvalue weighted by atomic mass is 10.1. The molecule has 0 aromatic carbocycles. The summed E-state index contributed by atoms with van der Waals surface area (Å²) >= 11 is 0. The molecule has 0 saturated heterocycles. The van der Waals surface area contributed by atoms with Crippen molar-refractivity contribution < 1.29 is 4.43 Å². The van der Waals surface area contributed by atoms with Crippen molar-refractivity contribution in [2.45, 2.75) is 71.3 Å². The molecule has 0 aromatic heterocycles. The number of hydrogen-bond acceptors (Lipinski definition) is 1. The summed E-state index contributed by atoms with van der Waals surface area (Å²) in [5.41, 5.74) is 0. The molecule has 0 N–H and O–H groups in total. The van der Waals surface area contributed by atoms with Crippen LogP contribution in [-0.4, -0.2) is 16.6 Å². The quantitative estimate of drug-likeness (QED) is 0.413. The maximum Gasteiger partial charge on any atom is 0.146 e. The summed E-state index contributed by atoms with van der Waals surface area (Å²) in [7, 11) is 0.893. The monoisotopic (exact) mass is 202 g/mol. The van der Waals surface area contributed by atoms with Gasteiger partial charge in [0.15, 0.2) is 0 Å². The Morgan fingerprint density at radius 1 is 1.00 bits per heavy atom. The van der Waals surface area contributed by atoms with Crippen molar-refractivity contribution in [3.63, 3.8) is 0 Å². The lowest BCUT2D eigenvalue weighted by molar-refractivity contribution is 0.226. The molecule has 1 nitrogen and oxygen atoms in total. The summed E-state index contributed by atoms with van der Waals surface area (Å²) in [5.74, 6) is 0. The Labute approximate surface area is 86.8 Å². The van der Waals surface area contributed by atoms with Gasteiger partial charge in [0.1, 0.15) is 10.5 Å². The van der Waals surface area contributed by atoms with Crippen LogP contribution in [0.4, 0.5) is 0 Å². The Morgan fingerprint density at radius 3 is 2.08 bits per heavy atom. The van der Waals surface area contributed by atoms with E-state index < -0.39 is 0 Å². The van der Waals surface area contributed by atoms with Gasteiger partial charge in [-0.25, -0.2) is 0 Å². The van der Waals surface area contributed by atoms with Crippen molar-refractivity contribution in [1.29, 1.82) is 0 Å². The van der Waals surface area contributed by atoms with Crippen LogP contribution >= 0.6 is 0 Å². The van der Waals surface area contributed by atoms with E-state index in [1.54, 1.807) is 0 Å². The molecule has 80 valence electrons. The fourth-order valence-corrected chi connectivity index (χ4v) is 1.74. The zero-order valence-electron chi connectivity index (χ0n) is 9.64. The topological polar surface area (TPSA) is 9.23 Å². The Bertz CT molecular complexity index is 96.1. The molecule has 0 aliphatic rings. The fraction of sp³-hybridized carbons (Fsp3) is 1.00. The number of hydrogen-bond donors (Lipinski definition) is 0. The standard InChI is InChI=1S/C11H26OSi/c1-3-4-5-6-7-8-9-10-11(2)12-13/h11H,3-10H2,1-2,13H3. The predicted molar refractivity (Wildman–Crippen MR) is 63.1 cm³/mol. The average Bonchev–Trinajstić information content (AvgIpc) is 2.16. The van der Waals surface area contributed by atoms with Gasteiger partial charge in [0.25, 0.3) is 0 Å². The van der Waals surface area contributed by atoms with Gasteiger partial charge in [-0.2, -0.15) is 0 Å². The maximum absolute atomic E-state index is 5.33. The lowest BCUT2D eigenvalue weighted by Crippen LogP contribution is -2.04. The van der Waals surface area contributed by atoms with Crippen LogP contribution in [0.15, 0.2) is 0 Å². The Morgan fingerprint density at radius 2 is 1.54 bits per heavy atom. The second-order valence-electron chi connectivity index (χ2n) is 3.96. The van der Waals surface area contributed by atoms with Crippen LogP contribution in [0.1, 0.15) is 65.2 Å². The minimum atomic E-state index is 0.516. The highest BCUT2D eigenvalue weighted by Gasteiger charge is 1.97. The average molecular weight is 202 g/mol. The summed E-state index contributed by atoms with van der Waals surface area (Å²) in [4.78, 5) is 0. The summed E-state index contributed by atoms with van der Waals surface area (Å²) in [5, 5.41) is 0. The van der Waals surface area contributed by atoms with Crippen LogP contribution in [0, 0.1) is 0 Å². The number of unbranched alkanes of at least 4 members (excludes halogenated alkanes) is 6. The second-order valence-corrected chi connectivity index (χ2v) is 4.43. The minimum absolute atomic E-state index is 0.516. The van der Waals surface area contributed by atoms with Gasteiger partial charge in [0.2, 0.25) is 0 Å². The Hall–Kier alpha value is 0.177. The molecule has 0 spiro atoms. The lowest BCUT2D eigenvalue weighted by Gasteiger charge is -2.08. The van der Waals surface area contributed by atoms with Gasteiger partial charge < -0.3 is 4.43 Å². The van der Waals surface area contributed by atoms with E-state index in [-0.39, 0.29) is 0 Å². The SMILES string of the molecule is CCCCCCCCCC(C)O[SiH3]. The van der Waals surface area contributed by atoms with E-state index in [0.717, 1.165) is 10.5 Å². The van der Waals surface area contributed by atoms with Crippen LogP contribution in [0.2, 0.25) is 0 Å². The molecule has 0 saturated carbocycles. The van der Waals surface area contributed by atoms with E-state index in [1.807, 2.05) is 0 Å². The molecule has 1 atom stereocenters. The van der Waals surface area contributed by atoms with Crippen molar-refractivity contribution in [2.24, 2.45) is 0 Å². The molecule has 0 aromatic rings. The molecule has 0 bridgehead atoms. The Kier molecular flexibility index (Phi) is 10.4. The molecule has 13 heavy (non-hydrogen) atoms. The molecular weight excluding hydrogens is 176 g/mol. The van der Waals surface area contributed by atoms with Gasteiger partial charge in [0.05, 0.1) is 0 Å². The predicted octanol–water partition coefficient (Wildman–Crippen LogP) is 2.81. The van der Waals surface area contributed by atoms with Crippen LogP contribution in [0.3, 0.4) is 0 Å². The van der Waals surface area contributed by atoms with Crippen molar-refractivity contribution in [3.8, 4) is 0 Å². The van der Waals surface area contributed by atoms with Gasteiger partial charge in [-0.1, -0.05) is 51.9 Å². The number of rotatable bonds is 9. The molecule has 0 radical (unpaired) electrons. The Balaban J connectivity index is 2.91. The molecule has 0 rings (SSSR count). The van der Waals surface area contributed by atoms with Gasteiger partial charge >= 0.3 is 0 Å². The largest absolute Gasteiger partial charge is 0.425 e. The first-order chi connectivity index (χ1) is 6.31. The first-order valence-electron chi connectivity index (χ1n) is 5.84. The smallest absolute Gasteiger partial charge is 0.146 e. The highest BCUT2D eigenvalue weighted by atomic mass is 28.2. The van der Waals surface area contributed by atoms with E-state index in [9.17, 15) is 0 Å². The first-order valence-corrected chi connectivity index (χ1v) is 6.65. The van der Waals surface area contributed by atoms with Crippen molar-refractivity contribution in [2.75, 3.05) is 0 Å². The summed E-state index contributed by atoms with van der Waals surface area (Å²) in [6, 6.07) is 0. The van der Waals surface area contributed by atoms with Crippen LogP contribution in [-0.2, 0) is 4.43 Å². The summed E-state index contributed by atoms with van der Waals surface area (Å²) in [6.45, 7) is 4.45. The van der Waals surface area contributed by atoms with E-state index in [2.05, 4.69) is 13.8 Å². The third-order valence-corrected chi connectivity index (χ3v) is 3.42. The zero-order valence-corrected chi connectivity index (χ0v) is 11.6. The van der Waals surface area contributed by atoms with Gasteiger partial charge in [-0.05, 0) is 13.3 Å². The van der Waals surface area contributed by atoms with Crippen molar-refractivity contribution in [1.82, 2.24) is 0 Å². The zero-order chi connectivity index (χ0) is 9.94. The van der Waals surface area contributed by atoms with Gasteiger partial charge in [-0.15, -0.1) is 0 Å². The minimum Gasteiger partial charge on any atom is -0.425 e. The molecule has 0 fully saturated rings. The molecule has 0 aliphatic heterocycles. The van der Waals surface area contributed by atoms with E-state index in [1.165, 1.54) is 51.4 Å². The fourth-order valence-electron chi connectivity index (χ4n) is 1.51. The molecule has 0 heterocycles. The van der Waals surface area contributed by atoms with Gasteiger partial charge in [-0.3, -0.25) is 0 Å². The molecule has 0 amide bonds. The normalized spacial score (nSPS) is 13.4. The third-order valence-electron chi connectivity index (χ3n) is 2.62. The van der Waals surface area contributed by atoms with E-state index in [4.69, 9.17) is 4.43 Å². The van der Waals surface area contributed by atoms with E-state index in [0.29, 0.717) is 6.10 Å². The summed E-state index contributed by atoms with van der Waals surface area (Å²) in [6.07, 6.45) is 11.6. The molecule has 1 unspecified atom stereocenters. The van der Waals surface area contributed by atoms with Gasteiger partial charge in [0, 0.05) is 6.10 Å². The highest BCUT2D eigenvalue weighted by Crippen LogP contribution is 2.10. The highest BCUT2D eigenvalue weighted by molar-refractivity contribution is 5.98. The maximum atomic E-state index is 5.33. The molecule has 2 heteroatoms. The van der Waals surface area contributed by atoms with Crippen molar-refractivity contribution in [3.05, 3.63) is 0 Å². The van der Waals surface area contributed by atoms with Crippen molar-refractivity contribution >= 4 is 10.5 Å².